The Kier molecular flexibility index (Phi) is 4.44. The third-order valence-electron chi connectivity index (χ3n) is 4.33. The van der Waals surface area contributed by atoms with Crippen LogP contribution in [0, 0.1) is 6.92 Å². The Morgan fingerprint density at radius 1 is 0.826 bits per heavy atom. The van der Waals surface area contributed by atoms with Crippen LogP contribution < -0.4 is 9.75 Å². The lowest BCUT2D eigenvalue weighted by Gasteiger charge is -2.10. The molecule has 0 bridgehead atoms. The van der Waals surface area contributed by atoms with Crippen LogP contribution in [-0.4, -0.2) is 8.80 Å². The van der Waals surface area contributed by atoms with Crippen LogP contribution in [0.4, 0.5) is 0 Å². The quantitative estimate of drug-likeness (QED) is 0.505. The predicted octanol–water partition coefficient (Wildman–Crippen LogP) is 4.11. The van der Waals surface area contributed by atoms with E-state index in [9.17, 15) is 0 Å². The smallest absolute Gasteiger partial charge is 0.201 e. The second kappa shape index (κ2) is 6.51. The van der Waals surface area contributed by atoms with E-state index in [1.54, 1.807) is 0 Å². The molecule has 1 aromatic heterocycles. The summed E-state index contributed by atoms with van der Waals surface area (Å²) >= 11 is 0. The van der Waals surface area contributed by atoms with Gasteiger partial charge in [0, 0.05) is 16.8 Å². The average Bonchev–Trinajstić information content (AvgIpc) is 2.56. The molecular formula is C21H23NSi+. The first kappa shape index (κ1) is 15.7. The highest BCUT2D eigenvalue weighted by Gasteiger charge is 2.15. The topological polar surface area (TPSA) is 3.88 Å². The summed E-state index contributed by atoms with van der Waals surface area (Å²) in [5.41, 5.74) is 6.42. The second-order valence-corrected chi connectivity index (χ2v) is 8.89. The van der Waals surface area contributed by atoms with Crippen molar-refractivity contribution < 1.29 is 4.57 Å². The summed E-state index contributed by atoms with van der Waals surface area (Å²) in [7, 11) is 1.74. The van der Waals surface area contributed by atoms with Crippen LogP contribution in [0.15, 0.2) is 66.9 Å². The number of hydrogen-bond donors (Lipinski definition) is 0. The van der Waals surface area contributed by atoms with E-state index in [1.165, 1.54) is 33.1 Å². The largest absolute Gasteiger partial charge is 0.212 e. The van der Waals surface area contributed by atoms with Crippen molar-refractivity contribution in [2.45, 2.75) is 20.0 Å². The van der Waals surface area contributed by atoms with Gasteiger partial charge < -0.3 is 0 Å². The van der Waals surface area contributed by atoms with Gasteiger partial charge in [0.05, 0.1) is 8.80 Å². The molecule has 0 fully saturated rings. The van der Waals surface area contributed by atoms with E-state index in [4.69, 9.17) is 0 Å². The van der Waals surface area contributed by atoms with Crippen molar-refractivity contribution in [3.05, 3.63) is 72.4 Å². The summed E-state index contributed by atoms with van der Waals surface area (Å²) in [6, 6.07) is 21.9. The summed E-state index contributed by atoms with van der Waals surface area (Å²) in [6.45, 7) is 6.86. The van der Waals surface area contributed by atoms with Crippen molar-refractivity contribution in [3.8, 4) is 22.4 Å². The molecule has 0 amide bonds. The number of aryl methyl sites for hydroxylation is 2. The maximum absolute atomic E-state index is 2.33. The van der Waals surface area contributed by atoms with Gasteiger partial charge in [-0.25, -0.2) is 4.57 Å². The maximum Gasteiger partial charge on any atom is 0.212 e. The molecule has 1 nitrogen and oxygen atoms in total. The highest BCUT2D eigenvalue weighted by Crippen LogP contribution is 2.27. The van der Waals surface area contributed by atoms with Crippen molar-refractivity contribution >= 4 is 14.0 Å². The molecule has 1 radical (unpaired) electrons. The third kappa shape index (κ3) is 3.27. The van der Waals surface area contributed by atoms with Crippen molar-refractivity contribution in [1.82, 2.24) is 0 Å². The van der Waals surface area contributed by atoms with Gasteiger partial charge in [0.2, 0.25) is 5.69 Å². The molecule has 3 rings (SSSR count). The van der Waals surface area contributed by atoms with Crippen LogP contribution >= 0.6 is 0 Å². The molecule has 0 aliphatic carbocycles. The van der Waals surface area contributed by atoms with Crippen LogP contribution in [0.3, 0.4) is 0 Å². The van der Waals surface area contributed by atoms with E-state index in [-0.39, 0.29) is 0 Å². The summed E-state index contributed by atoms with van der Waals surface area (Å²) in [5, 5.41) is 1.47. The van der Waals surface area contributed by atoms with E-state index in [1.807, 2.05) is 0 Å². The number of pyridine rings is 1. The van der Waals surface area contributed by atoms with E-state index in [2.05, 4.69) is 98.5 Å². The van der Waals surface area contributed by atoms with Gasteiger partial charge in [-0.2, -0.15) is 0 Å². The number of nitrogens with zero attached hydrogens (tertiary/aromatic N) is 1. The Balaban J connectivity index is 2.10. The Labute approximate surface area is 140 Å². The van der Waals surface area contributed by atoms with Crippen molar-refractivity contribution in [2.75, 3.05) is 0 Å². The SMILES string of the molecule is Cc1ccc(-c2ccccc2)cc1-c1ccc([Si](C)C)c[n+]1C. The van der Waals surface area contributed by atoms with Crippen molar-refractivity contribution in [1.29, 1.82) is 0 Å². The standard InChI is InChI=1S/C21H23NSi/c1-16-10-11-18(17-8-6-5-7-9-17)14-20(16)21-13-12-19(23(3)4)15-22(21)2/h5-15H,1-4H3/q+1. The molecule has 0 aliphatic rings. The molecule has 0 N–H and O–H groups in total. The highest BCUT2D eigenvalue weighted by molar-refractivity contribution is 6.70. The fourth-order valence-electron chi connectivity index (χ4n) is 2.89. The molecule has 0 aliphatic heterocycles. The molecule has 0 atom stereocenters. The van der Waals surface area contributed by atoms with E-state index in [0.717, 1.165) is 0 Å². The third-order valence-corrected chi connectivity index (χ3v) is 5.78. The monoisotopic (exact) mass is 317 g/mol. The zero-order chi connectivity index (χ0) is 16.4. The maximum atomic E-state index is 2.33. The van der Waals surface area contributed by atoms with E-state index < -0.39 is 8.80 Å². The van der Waals surface area contributed by atoms with Gasteiger partial charge >= 0.3 is 0 Å². The van der Waals surface area contributed by atoms with Gasteiger partial charge in [0.25, 0.3) is 0 Å². The highest BCUT2D eigenvalue weighted by atomic mass is 28.3. The van der Waals surface area contributed by atoms with Gasteiger partial charge in [-0.3, -0.25) is 0 Å². The van der Waals surface area contributed by atoms with Crippen molar-refractivity contribution in [3.63, 3.8) is 0 Å². The van der Waals surface area contributed by atoms with Crippen LogP contribution in [0.1, 0.15) is 5.56 Å². The van der Waals surface area contributed by atoms with Gasteiger partial charge in [-0.05, 0) is 29.7 Å². The molecule has 0 spiro atoms. The fraction of sp³-hybridized carbons (Fsp3) is 0.190. The zero-order valence-electron chi connectivity index (χ0n) is 14.3. The zero-order valence-corrected chi connectivity index (χ0v) is 15.3. The lowest BCUT2D eigenvalue weighted by atomic mass is 9.97. The minimum atomic E-state index is -0.414. The fourth-order valence-corrected chi connectivity index (χ4v) is 3.76. The molecule has 3 aromatic rings. The summed E-state index contributed by atoms with van der Waals surface area (Å²) in [4.78, 5) is 0. The lowest BCUT2D eigenvalue weighted by Crippen LogP contribution is -2.38. The predicted molar refractivity (Wildman–Crippen MR) is 100 cm³/mol. The summed E-state index contributed by atoms with van der Waals surface area (Å²) < 4.78 is 2.27. The molecule has 0 saturated heterocycles. The Morgan fingerprint density at radius 2 is 1.57 bits per heavy atom. The van der Waals surface area contributed by atoms with Crippen LogP contribution in [-0.2, 0) is 7.05 Å². The molecule has 0 saturated carbocycles. The van der Waals surface area contributed by atoms with Crippen molar-refractivity contribution in [2.24, 2.45) is 7.05 Å². The first-order valence-electron chi connectivity index (χ1n) is 8.03. The minimum Gasteiger partial charge on any atom is -0.201 e. The van der Waals surface area contributed by atoms with Gasteiger partial charge in [-0.1, -0.05) is 61.6 Å². The number of aromatic nitrogens is 1. The normalized spacial score (nSPS) is 11.0. The van der Waals surface area contributed by atoms with E-state index >= 15 is 0 Å². The number of hydrogen-bond acceptors (Lipinski definition) is 0. The Hall–Kier alpha value is -2.19. The van der Waals surface area contributed by atoms with Crippen LogP contribution in [0.25, 0.3) is 22.4 Å². The van der Waals surface area contributed by atoms with Crippen LogP contribution in [0.2, 0.25) is 13.1 Å². The lowest BCUT2D eigenvalue weighted by molar-refractivity contribution is -0.659. The van der Waals surface area contributed by atoms with Gasteiger partial charge in [0.1, 0.15) is 7.05 Å². The van der Waals surface area contributed by atoms with Gasteiger partial charge in [-0.15, -0.1) is 0 Å². The molecule has 23 heavy (non-hydrogen) atoms. The minimum absolute atomic E-state index is 0.414. The average molecular weight is 318 g/mol. The number of rotatable bonds is 3. The molecule has 2 aromatic carbocycles. The van der Waals surface area contributed by atoms with Gasteiger partial charge in [0.15, 0.2) is 6.20 Å². The molecule has 0 unspecified atom stereocenters. The molecular weight excluding hydrogens is 294 g/mol. The second-order valence-electron chi connectivity index (χ2n) is 6.31. The summed E-state index contributed by atoms with van der Waals surface area (Å²) in [6.07, 6.45) is 2.29. The molecule has 2 heteroatoms. The molecule has 1 heterocycles. The molecule has 115 valence electrons. The van der Waals surface area contributed by atoms with Crippen LogP contribution in [0.5, 0.6) is 0 Å². The first-order chi connectivity index (χ1) is 11.1. The first-order valence-corrected chi connectivity index (χ1v) is 10.5. The Bertz CT molecular complexity index is 823. The Morgan fingerprint density at radius 3 is 2.22 bits per heavy atom. The van der Waals surface area contributed by atoms with E-state index in [0.29, 0.717) is 0 Å². The number of benzene rings is 2. The summed E-state index contributed by atoms with van der Waals surface area (Å²) in [5.74, 6) is 0.